The minimum Gasteiger partial charge on any atom is -0.493 e. The molecule has 3 rings (SSSR count). The minimum absolute atomic E-state index is 0.0834. The number of nitrogens with one attached hydrogen (secondary N) is 1. The van der Waals surface area contributed by atoms with Crippen LogP contribution in [0.3, 0.4) is 0 Å². The predicted octanol–water partition coefficient (Wildman–Crippen LogP) is 3.87. The van der Waals surface area contributed by atoms with Gasteiger partial charge < -0.3 is 19.5 Å². The van der Waals surface area contributed by atoms with Gasteiger partial charge in [0, 0.05) is 23.2 Å². The second-order valence-electron chi connectivity index (χ2n) is 6.49. The topological polar surface area (TPSA) is 73.9 Å². The van der Waals surface area contributed by atoms with Gasteiger partial charge in [0.25, 0.3) is 5.91 Å². The fourth-order valence-corrected chi connectivity index (χ4v) is 3.05. The largest absolute Gasteiger partial charge is 0.493 e. The second kappa shape index (κ2) is 9.60. The van der Waals surface area contributed by atoms with Crippen molar-refractivity contribution in [3.63, 3.8) is 0 Å². The number of carbonyl (C=O) groups excluding carboxylic acids is 2. The molecule has 0 heterocycles. The quantitative estimate of drug-likeness (QED) is 0.576. The Bertz CT molecular complexity index is 1000. The molecule has 0 atom stereocenters. The van der Waals surface area contributed by atoms with Crippen LogP contribution in [0.2, 0.25) is 0 Å². The number of methoxy groups -OCH3 is 3. The third kappa shape index (κ3) is 4.60. The first-order valence-electron chi connectivity index (χ1n) is 9.34. The van der Waals surface area contributed by atoms with Gasteiger partial charge in [0.15, 0.2) is 17.3 Å². The maximum atomic E-state index is 12.5. The van der Waals surface area contributed by atoms with Crippen LogP contribution in [0.1, 0.15) is 31.8 Å². The first-order chi connectivity index (χ1) is 14.6. The summed E-state index contributed by atoms with van der Waals surface area (Å²) in [5, 5.41) is 2.86. The van der Waals surface area contributed by atoms with E-state index in [-0.39, 0.29) is 18.2 Å². The molecule has 0 fully saturated rings. The van der Waals surface area contributed by atoms with Crippen LogP contribution in [0.25, 0.3) is 0 Å². The standard InChI is InChI=1S/C24H23NO5/c1-28-20-13-16(14-21(29-2)23(20)30-3)15-25-24(27)19-11-9-18(10-12-19)22(26)17-7-5-4-6-8-17/h4-14H,15H2,1-3H3,(H,25,27). The lowest BCUT2D eigenvalue weighted by Gasteiger charge is -2.14. The van der Waals surface area contributed by atoms with Crippen molar-refractivity contribution in [2.45, 2.75) is 6.54 Å². The van der Waals surface area contributed by atoms with Gasteiger partial charge in [-0.15, -0.1) is 0 Å². The summed E-state index contributed by atoms with van der Waals surface area (Å²) >= 11 is 0. The lowest BCUT2D eigenvalue weighted by molar-refractivity contribution is 0.0949. The molecule has 0 unspecified atom stereocenters. The van der Waals surface area contributed by atoms with E-state index in [1.54, 1.807) is 48.5 Å². The molecule has 1 amide bonds. The minimum atomic E-state index is -0.248. The third-order valence-electron chi connectivity index (χ3n) is 4.62. The molecule has 0 radical (unpaired) electrons. The normalized spacial score (nSPS) is 10.2. The Hall–Kier alpha value is -3.80. The number of hydrogen-bond acceptors (Lipinski definition) is 5. The summed E-state index contributed by atoms with van der Waals surface area (Å²) < 4.78 is 16.0. The maximum absolute atomic E-state index is 12.5. The van der Waals surface area contributed by atoms with Crippen molar-refractivity contribution in [3.8, 4) is 17.2 Å². The molecule has 0 aliphatic carbocycles. The van der Waals surface area contributed by atoms with Crippen molar-refractivity contribution in [2.75, 3.05) is 21.3 Å². The average Bonchev–Trinajstić information content (AvgIpc) is 2.81. The number of ketones is 1. The van der Waals surface area contributed by atoms with Crippen LogP contribution in [0.5, 0.6) is 17.2 Å². The van der Waals surface area contributed by atoms with Crippen molar-refractivity contribution in [2.24, 2.45) is 0 Å². The summed E-state index contributed by atoms with van der Waals surface area (Å²) in [7, 11) is 4.61. The Balaban J connectivity index is 1.69. The van der Waals surface area contributed by atoms with Gasteiger partial charge in [-0.1, -0.05) is 42.5 Å². The monoisotopic (exact) mass is 405 g/mol. The van der Waals surface area contributed by atoms with Gasteiger partial charge in [-0.05, 0) is 29.8 Å². The SMILES string of the molecule is COc1cc(CNC(=O)c2ccc(C(=O)c3ccccc3)cc2)cc(OC)c1OC. The predicted molar refractivity (Wildman–Crippen MR) is 114 cm³/mol. The van der Waals surface area contributed by atoms with Crippen LogP contribution in [-0.2, 0) is 6.54 Å². The van der Waals surface area contributed by atoms with E-state index < -0.39 is 0 Å². The van der Waals surface area contributed by atoms with E-state index in [1.165, 1.54) is 21.3 Å². The Kier molecular flexibility index (Phi) is 6.70. The zero-order valence-electron chi connectivity index (χ0n) is 17.1. The van der Waals surface area contributed by atoms with Crippen LogP contribution >= 0.6 is 0 Å². The highest BCUT2D eigenvalue weighted by Gasteiger charge is 2.14. The average molecular weight is 405 g/mol. The molecule has 0 aliphatic heterocycles. The molecule has 1 N–H and O–H groups in total. The smallest absolute Gasteiger partial charge is 0.251 e. The summed E-state index contributed by atoms with van der Waals surface area (Å²) in [4.78, 5) is 25.0. The molecule has 30 heavy (non-hydrogen) atoms. The number of amides is 1. The molecule has 6 nitrogen and oxygen atoms in total. The van der Waals surface area contributed by atoms with Gasteiger partial charge >= 0.3 is 0 Å². The molecular weight excluding hydrogens is 382 g/mol. The number of carbonyl (C=O) groups is 2. The van der Waals surface area contributed by atoms with Crippen LogP contribution < -0.4 is 19.5 Å². The molecule has 6 heteroatoms. The van der Waals surface area contributed by atoms with Crippen molar-refractivity contribution in [1.29, 1.82) is 0 Å². The molecule has 0 spiro atoms. The first kappa shape index (κ1) is 20.9. The van der Waals surface area contributed by atoms with Crippen molar-refractivity contribution < 1.29 is 23.8 Å². The van der Waals surface area contributed by atoms with Gasteiger partial charge in [0.2, 0.25) is 5.75 Å². The fraction of sp³-hybridized carbons (Fsp3) is 0.167. The van der Waals surface area contributed by atoms with Crippen molar-refractivity contribution >= 4 is 11.7 Å². The molecule has 0 saturated carbocycles. The summed E-state index contributed by atoms with van der Waals surface area (Å²) in [5.74, 6) is 1.20. The van der Waals surface area contributed by atoms with Crippen LogP contribution in [0.15, 0.2) is 66.7 Å². The van der Waals surface area contributed by atoms with E-state index in [4.69, 9.17) is 14.2 Å². The van der Waals surface area contributed by atoms with Gasteiger partial charge in [-0.25, -0.2) is 0 Å². The molecular formula is C24H23NO5. The van der Waals surface area contributed by atoms with Gasteiger partial charge in [-0.2, -0.15) is 0 Å². The lowest BCUT2D eigenvalue weighted by Crippen LogP contribution is -2.23. The van der Waals surface area contributed by atoms with Gasteiger partial charge in [0.1, 0.15) is 0 Å². The number of ether oxygens (including phenoxy) is 3. The molecule has 0 aliphatic rings. The van der Waals surface area contributed by atoms with E-state index in [0.717, 1.165) is 5.56 Å². The molecule has 3 aromatic carbocycles. The first-order valence-corrected chi connectivity index (χ1v) is 9.34. The molecule has 0 saturated heterocycles. The maximum Gasteiger partial charge on any atom is 0.251 e. The summed E-state index contributed by atoms with van der Waals surface area (Å²) in [6.45, 7) is 0.278. The molecule has 3 aromatic rings. The van der Waals surface area contributed by atoms with E-state index in [1.807, 2.05) is 18.2 Å². The molecule has 154 valence electrons. The summed E-state index contributed by atoms with van der Waals surface area (Å²) in [5.41, 5.74) is 2.40. The molecule has 0 bridgehead atoms. The number of rotatable bonds is 8. The lowest BCUT2D eigenvalue weighted by atomic mass is 10.0. The summed E-state index contributed by atoms with van der Waals surface area (Å²) in [6, 6.07) is 19.2. The zero-order valence-corrected chi connectivity index (χ0v) is 17.1. The highest BCUT2D eigenvalue weighted by atomic mass is 16.5. The van der Waals surface area contributed by atoms with Gasteiger partial charge in [0.05, 0.1) is 21.3 Å². The highest BCUT2D eigenvalue weighted by molar-refractivity contribution is 6.09. The second-order valence-corrected chi connectivity index (χ2v) is 6.49. The van der Waals surface area contributed by atoms with Crippen LogP contribution in [0, 0.1) is 0 Å². The van der Waals surface area contributed by atoms with Crippen LogP contribution in [0.4, 0.5) is 0 Å². The number of benzene rings is 3. The molecule has 0 aromatic heterocycles. The Morgan fingerprint density at radius 2 is 1.27 bits per heavy atom. The Morgan fingerprint density at radius 3 is 1.80 bits per heavy atom. The van der Waals surface area contributed by atoms with E-state index in [0.29, 0.717) is 33.9 Å². The van der Waals surface area contributed by atoms with E-state index in [2.05, 4.69) is 5.32 Å². The fourth-order valence-electron chi connectivity index (χ4n) is 3.05. The number of hydrogen-bond donors (Lipinski definition) is 1. The van der Waals surface area contributed by atoms with Crippen molar-refractivity contribution in [1.82, 2.24) is 5.32 Å². The Labute approximate surface area is 175 Å². The van der Waals surface area contributed by atoms with E-state index >= 15 is 0 Å². The summed E-state index contributed by atoms with van der Waals surface area (Å²) in [6.07, 6.45) is 0. The van der Waals surface area contributed by atoms with E-state index in [9.17, 15) is 9.59 Å². The van der Waals surface area contributed by atoms with Gasteiger partial charge in [-0.3, -0.25) is 9.59 Å². The third-order valence-corrected chi connectivity index (χ3v) is 4.62. The highest BCUT2D eigenvalue weighted by Crippen LogP contribution is 2.38. The van der Waals surface area contributed by atoms with Crippen LogP contribution in [-0.4, -0.2) is 33.0 Å². The van der Waals surface area contributed by atoms with Crippen molar-refractivity contribution in [3.05, 3.63) is 89.0 Å². The zero-order chi connectivity index (χ0) is 21.5. The Morgan fingerprint density at radius 1 is 0.733 bits per heavy atom.